The Kier molecular flexibility index (Phi) is 6.83. The molecule has 0 spiro atoms. The van der Waals surface area contributed by atoms with E-state index in [9.17, 15) is 30.6 Å². The summed E-state index contributed by atoms with van der Waals surface area (Å²) in [5, 5.41) is 67.8. The van der Waals surface area contributed by atoms with Gasteiger partial charge in [-0.3, -0.25) is 4.84 Å². The van der Waals surface area contributed by atoms with Gasteiger partial charge >= 0.3 is 0 Å². The molecule has 0 radical (unpaired) electrons. The van der Waals surface area contributed by atoms with Gasteiger partial charge in [0.15, 0.2) is 6.29 Å². The third kappa shape index (κ3) is 3.70. The summed E-state index contributed by atoms with van der Waals surface area (Å²) >= 11 is 0. The summed E-state index contributed by atoms with van der Waals surface area (Å²) in [7, 11) is 0. The van der Waals surface area contributed by atoms with Crippen LogP contribution in [-0.2, 0) is 19.0 Å². The highest BCUT2D eigenvalue weighted by molar-refractivity contribution is 4.93. The Balaban J connectivity index is 2.12. The number of aliphatic hydroxyl groups excluding tert-OH is 7. The molecule has 12 heteroatoms. The average molecular weight is 357 g/mol. The van der Waals surface area contributed by atoms with Crippen molar-refractivity contribution in [2.24, 2.45) is 5.90 Å². The van der Waals surface area contributed by atoms with Crippen molar-refractivity contribution in [3.63, 3.8) is 0 Å². The molecule has 0 aromatic heterocycles. The molecule has 0 aromatic carbocycles. The largest absolute Gasteiger partial charge is 0.394 e. The van der Waals surface area contributed by atoms with E-state index in [1.807, 2.05) is 0 Å². The van der Waals surface area contributed by atoms with Crippen LogP contribution in [-0.4, -0.2) is 110 Å². The zero-order chi connectivity index (χ0) is 18.0. The molecule has 0 amide bonds. The standard InChI is InChI=1S/C12H23NO11/c13-24-12-9(20)7(18)10(4(2-15)22-12)23-11-8(19)6(17)5(16)3(1-14)21-11/h3-12,14-20H,1-2,13H2/t3?,4?,5-,6-,7+,8?,9?,10+,11-,12-/m0/s1. The number of hydrogen-bond acceptors (Lipinski definition) is 12. The fraction of sp³-hybridized carbons (Fsp3) is 1.00. The molecule has 0 bridgehead atoms. The highest BCUT2D eigenvalue weighted by Gasteiger charge is 2.50. The third-order valence-corrected chi connectivity index (χ3v) is 4.09. The Morgan fingerprint density at radius 3 is 1.79 bits per heavy atom. The molecule has 10 atom stereocenters. The molecule has 24 heavy (non-hydrogen) atoms. The molecule has 12 nitrogen and oxygen atoms in total. The Morgan fingerprint density at radius 2 is 1.25 bits per heavy atom. The van der Waals surface area contributed by atoms with Crippen molar-refractivity contribution < 1.29 is 54.8 Å². The number of nitrogens with two attached hydrogens (primary N) is 1. The molecule has 2 aliphatic rings. The van der Waals surface area contributed by atoms with Gasteiger partial charge in [0, 0.05) is 0 Å². The Labute approximate surface area is 136 Å². The minimum absolute atomic E-state index is 0.647. The number of ether oxygens (including phenoxy) is 3. The molecule has 2 fully saturated rings. The van der Waals surface area contributed by atoms with Gasteiger partial charge in [-0.1, -0.05) is 0 Å². The van der Waals surface area contributed by atoms with E-state index in [0.717, 1.165) is 0 Å². The molecule has 2 saturated heterocycles. The molecular weight excluding hydrogens is 334 g/mol. The van der Waals surface area contributed by atoms with Crippen molar-refractivity contribution in [2.75, 3.05) is 13.2 Å². The van der Waals surface area contributed by atoms with Gasteiger partial charge in [0.2, 0.25) is 6.29 Å². The summed E-state index contributed by atoms with van der Waals surface area (Å²) in [5.41, 5.74) is 0. The Hall–Kier alpha value is -0.480. The second-order valence-electron chi connectivity index (χ2n) is 5.64. The van der Waals surface area contributed by atoms with Gasteiger partial charge in [-0.05, 0) is 0 Å². The van der Waals surface area contributed by atoms with Crippen molar-refractivity contribution in [3.05, 3.63) is 0 Å². The van der Waals surface area contributed by atoms with Crippen LogP contribution in [0.2, 0.25) is 0 Å². The van der Waals surface area contributed by atoms with Crippen molar-refractivity contribution in [2.45, 2.75) is 61.4 Å². The maximum atomic E-state index is 10.1. The predicted molar refractivity (Wildman–Crippen MR) is 71.7 cm³/mol. The first-order valence-corrected chi connectivity index (χ1v) is 7.29. The molecule has 4 unspecified atom stereocenters. The molecule has 0 aromatic rings. The average Bonchev–Trinajstić information content (AvgIpc) is 2.59. The number of rotatable bonds is 5. The zero-order valence-corrected chi connectivity index (χ0v) is 12.5. The van der Waals surface area contributed by atoms with Gasteiger partial charge in [-0.25, -0.2) is 5.90 Å². The van der Waals surface area contributed by atoms with E-state index in [1.54, 1.807) is 0 Å². The lowest BCUT2D eigenvalue weighted by Gasteiger charge is -2.45. The van der Waals surface area contributed by atoms with Crippen molar-refractivity contribution >= 4 is 0 Å². The monoisotopic (exact) mass is 357 g/mol. The van der Waals surface area contributed by atoms with Gasteiger partial charge in [-0.2, -0.15) is 0 Å². The van der Waals surface area contributed by atoms with E-state index in [1.165, 1.54) is 0 Å². The van der Waals surface area contributed by atoms with Crippen LogP contribution in [0.25, 0.3) is 0 Å². The van der Waals surface area contributed by atoms with E-state index in [4.69, 9.17) is 25.2 Å². The minimum Gasteiger partial charge on any atom is -0.394 e. The summed E-state index contributed by atoms with van der Waals surface area (Å²) in [6, 6.07) is 0. The van der Waals surface area contributed by atoms with Crippen molar-refractivity contribution in [1.29, 1.82) is 0 Å². The van der Waals surface area contributed by atoms with E-state index in [2.05, 4.69) is 4.84 Å². The smallest absolute Gasteiger partial charge is 0.206 e. The predicted octanol–water partition coefficient (Wildman–Crippen LogP) is -5.50. The Morgan fingerprint density at radius 1 is 0.708 bits per heavy atom. The first-order valence-electron chi connectivity index (χ1n) is 7.29. The van der Waals surface area contributed by atoms with Crippen LogP contribution in [0.1, 0.15) is 0 Å². The molecule has 0 aliphatic carbocycles. The van der Waals surface area contributed by atoms with Crippen LogP contribution in [0.5, 0.6) is 0 Å². The van der Waals surface area contributed by atoms with Gasteiger partial charge in [0.25, 0.3) is 0 Å². The second kappa shape index (κ2) is 8.27. The zero-order valence-electron chi connectivity index (χ0n) is 12.5. The van der Waals surface area contributed by atoms with E-state index in [0.29, 0.717) is 0 Å². The van der Waals surface area contributed by atoms with Crippen molar-refractivity contribution in [3.8, 4) is 0 Å². The molecule has 2 aliphatic heterocycles. The summed E-state index contributed by atoms with van der Waals surface area (Å²) < 4.78 is 15.6. The summed E-state index contributed by atoms with van der Waals surface area (Å²) in [4.78, 5) is 4.35. The molecular formula is C12H23NO11. The lowest BCUT2D eigenvalue weighted by atomic mass is 9.97. The van der Waals surface area contributed by atoms with Crippen LogP contribution in [0.3, 0.4) is 0 Å². The number of hydrogen-bond donors (Lipinski definition) is 8. The SMILES string of the molecule is NO[C@@H]1OC(CO)[C@@H](O[C@@H]2OC(CO)[C@H](O)[C@H](O)C2O)[C@H](O)C1O. The maximum absolute atomic E-state index is 10.1. The summed E-state index contributed by atoms with van der Waals surface area (Å²) in [6.07, 6.45) is -15.0. The number of aliphatic hydroxyl groups is 7. The lowest BCUT2D eigenvalue weighted by molar-refractivity contribution is -0.360. The van der Waals surface area contributed by atoms with Crippen LogP contribution < -0.4 is 5.90 Å². The van der Waals surface area contributed by atoms with Crippen LogP contribution in [0.4, 0.5) is 0 Å². The van der Waals surface area contributed by atoms with E-state index in [-0.39, 0.29) is 0 Å². The van der Waals surface area contributed by atoms with Gasteiger partial charge in [-0.15, -0.1) is 0 Å². The first-order chi connectivity index (χ1) is 11.3. The van der Waals surface area contributed by atoms with Gasteiger partial charge in [0.1, 0.15) is 48.8 Å². The van der Waals surface area contributed by atoms with Crippen LogP contribution >= 0.6 is 0 Å². The third-order valence-electron chi connectivity index (χ3n) is 4.09. The van der Waals surface area contributed by atoms with Crippen molar-refractivity contribution in [1.82, 2.24) is 0 Å². The first kappa shape index (κ1) is 19.8. The lowest BCUT2D eigenvalue weighted by Crippen LogP contribution is -2.64. The van der Waals surface area contributed by atoms with Gasteiger partial charge < -0.3 is 50.0 Å². The normalized spacial score (nSPS) is 50.0. The fourth-order valence-electron chi connectivity index (χ4n) is 2.67. The second-order valence-corrected chi connectivity index (χ2v) is 5.64. The fourth-order valence-corrected chi connectivity index (χ4v) is 2.67. The molecule has 2 rings (SSSR count). The molecule has 0 saturated carbocycles. The summed E-state index contributed by atoms with van der Waals surface area (Å²) in [5.74, 6) is 4.92. The quantitative estimate of drug-likeness (QED) is 0.217. The molecule has 2 heterocycles. The van der Waals surface area contributed by atoms with Crippen LogP contribution in [0.15, 0.2) is 0 Å². The maximum Gasteiger partial charge on any atom is 0.206 e. The highest BCUT2D eigenvalue weighted by atomic mass is 16.8. The van der Waals surface area contributed by atoms with E-state index < -0.39 is 74.6 Å². The minimum atomic E-state index is -1.71. The Bertz CT molecular complexity index is 397. The highest BCUT2D eigenvalue weighted by Crippen LogP contribution is 2.28. The van der Waals surface area contributed by atoms with Crippen LogP contribution in [0, 0.1) is 0 Å². The molecule has 142 valence electrons. The molecule has 9 N–H and O–H groups in total. The topological polar surface area (TPSA) is 205 Å². The van der Waals surface area contributed by atoms with E-state index >= 15 is 0 Å². The summed E-state index contributed by atoms with van der Waals surface area (Å²) in [6.45, 7) is -1.31. The van der Waals surface area contributed by atoms with Gasteiger partial charge in [0.05, 0.1) is 13.2 Å².